The van der Waals surface area contributed by atoms with Crippen molar-refractivity contribution < 1.29 is 17.5 Å². The molecule has 10 heteroatoms. The van der Waals surface area contributed by atoms with Crippen LogP contribution in [0.15, 0.2) is 57.5 Å². The highest BCUT2D eigenvalue weighted by molar-refractivity contribution is 7.89. The van der Waals surface area contributed by atoms with Gasteiger partial charge in [0.25, 0.3) is 5.56 Å². The molecule has 27 heavy (non-hydrogen) atoms. The molecule has 7 nitrogen and oxygen atoms in total. The molecule has 0 radical (unpaired) electrons. The number of nitrogens with one attached hydrogen (secondary N) is 1. The van der Waals surface area contributed by atoms with E-state index in [1.54, 1.807) is 6.07 Å². The van der Waals surface area contributed by atoms with Crippen LogP contribution in [0.25, 0.3) is 10.6 Å². The van der Waals surface area contributed by atoms with Gasteiger partial charge in [0.1, 0.15) is 5.69 Å². The van der Waals surface area contributed by atoms with E-state index >= 15 is 0 Å². The SMILES string of the molecule is COc1ccc(S(=O)(=O)NCCn2nc(-c3cccs3)ccc2=O)cc1F. The van der Waals surface area contributed by atoms with E-state index in [4.69, 9.17) is 4.74 Å². The number of hydrogen-bond acceptors (Lipinski definition) is 6. The second kappa shape index (κ2) is 7.99. The first kappa shape index (κ1) is 19.2. The summed E-state index contributed by atoms with van der Waals surface area (Å²) < 4.78 is 46.6. The summed E-state index contributed by atoms with van der Waals surface area (Å²) in [6.07, 6.45) is 0. The third-order valence-corrected chi connectivity index (χ3v) is 6.04. The molecule has 2 heterocycles. The van der Waals surface area contributed by atoms with E-state index in [0.29, 0.717) is 5.69 Å². The van der Waals surface area contributed by atoms with Crippen molar-refractivity contribution in [1.82, 2.24) is 14.5 Å². The van der Waals surface area contributed by atoms with Gasteiger partial charge in [0.15, 0.2) is 11.6 Å². The molecule has 0 atom stereocenters. The van der Waals surface area contributed by atoms with Gasteiger partial charge < -0.3 is 4.74 Å². The van der Waals surface area contributed by atoms with Crippen LogP contribution in [0.1, 0.15) is 0 Å². The fraction of sp³-hybridized carbons (Fsp3) is 0.176. The van der Waals surface area contributed by atoms with E-state index in [-0.39, 0.29) is 29.3 Å². The van der Waals surface area contributed by atoms with Crippen LogP contribution < -0.4 is 15.0 Å². The third kappa shape index (κ3) is 4.41. The number of ether oxygens (including phenoxy) is 1. The highest BCUT2D eigenvalue weighted by Crippen LogP contribution is 2.21. The summed E-state index contributed by atoms with van der Waals surface area (Å²) >= 11 is 1.49. The van der Waals surface area contributed by atoms with Gasteiger partial charge >= 0.3 is 0 Å². The Labute approximate surface area is 159 Å². The lowest BCUT2D eigenvalue weighted by Crippen LogP contribution is -2.32. The Morgan fingerprint density at radius 1 is 1.26 bits per heavy atom. The minimum Gasteiger partial charge on any atom is -0.494 e. The molecule has 0 unspecified atom stereocenters. The van der Waals surface area contributed by atoms with Crippen LogP contribution in [0.2, 0.25) is 0 Å². The minimum absolute atomic E-state index is 0.0376. The Kier molecular flexibility index (Phi) is 5.68. The molecule has 0 fully saturated rings. The van der Waals surface area contributed by atoms with Crippen LogP contribution in [-0.2, 0) is 16.6 Å². The number of halogens is 1. The zero-order valence-electron chi connectivity index (χ0n) is 14.3. The maximum atomic E-state index is 13.7. The Bertz CT molecular complexity index is 1100. The molecule has 0 aliphatic heterocycles. The molecule has 0 aliphatic carbocycles. The molecule has 3 aromatic rings. The highest BCUT2D eigenvalue weighted by Gasteiger charge is 2.16. The maximum absolute atomic E-state index is 13.7. The van der Waals surface area contributed by atoms with Gasteiger partial charge in [0.2, 0.25) is 10.0 Å². The number of aromatic nitrogens is 2. The van der Waals surface area contributed by atoms with Crippen LogP contribution in [0, 0.1) is 5.82 Å². The van der Waals surface area contributed by atoms with E-state index < -0.39 is 15.8 Å². The number of rotatable bonds is 7. The van der Waals surface area contributed by atoms with Crippen molar-refractivity contribution in [3.8, 4) is 16.3 Å². The zero-order valence-corrected chi connectivity index (χ0v) is 15.9. The molecule has 0 saturated carbocycles. The Morgan fingerprint density at radius 3 is 2.74 bits per heavy atom. The number of thiophene rings is 1. The van der Waals surface area contributed by atoms with Crippen molar-refractivity contribution in [2.75, 3.05) is 13.7 Å². The smallest absolute Gasteiger partial charge is 0.266 e. The molecule has 3 rings (SSSR count). The van der Waals surface area contributed by atoms with Crippen molar-refractivity contribution in [2.24, 2.45) is 0 Å². The Morgan fingerprint density at radius 2 is 2.07 bits per heavy atom. The van der Waals surface area contributed by atoms with Gasteiger partial charge in [-0.25, -0.2) is 22.2 Å². The first-order valence-corrected chi connectivity index (χ1v) is 10.2. The van der Waals surface area contributed by atoms with Crippen LogP contribution in [0.3, 0.4) is 0 Å². The van der Waals surface area contributed by atoms with E-state index in [9.17, 15) is 17.6 Å². The number of hydrogen-bond donors (Lipinski definition) is 1. The third-order valence-electron chi connectivity index (χ3n) is 3.69. The fourth-order valence-electron chi connectivity index (χ4n) is 2.35. The average Bonchev–Trinajstić information content (AvgIpc) is 3.18. The largest absolute Gasteiger partial charge is 0.494 e. The molecule has 0 saturated heterocycles. The second-order valence-corrected chi connectivity index (χ2v) is 8.17. The second-order valence-electron chi connectivity index (χ2n) is 5.45. The lowest BCUT2D eigenvalue weighted by atomic mass is 10.3. The van der Waals surface area contributed by atoms with Crippen LogP contribution >= 0.6 is 11.3 Å². The normalized spacial score (nSPS) is 11.5. The van der Waals surface area contributed by atoms with E-state index in [0.717, 1.165) is 10.9 Å². The quantitative estimate of drug-likeness (QED) is 0.645. The van der Waals surface area contributed by atoms with Crippen LogP contribution in [-0.4, -0.2) is 31.9 Å². The summed E-state index contributed by atoms with van der Waals surface area (Å²) in [5, 5.41) is 6.14. The van der Waals surface area contributed by atoms with Crippen molar-refractivity contribution in [2.45, 2.75) is 11.4 Å². The van der Waals surface area contributed by atoms with Crippen molar-refractivity contribution in [3.63, 3.8) is 0 Å². The topological polar surface area (TPSA) is 90.3 Å². The van der Waals surface area contributed by atoms with Gasteiger partial charge in [-0.1, -0.05) is 6.07 Å². The average molecular weight is 409 g/mol. The van der Waals surface area contributed by atoms with E-state index in [1.165, 1.54) is 41.3 Å². The number of methoxy groups -OCH3 is 1. The van der Waals surface area contributed by atoms with Gasteiger partial charge in [0.05, 0.1) is 23.4 Å². The number of sulfonamides is 1. The summed E-state index contributed by atoms with van der Waals surface area (Å²) in [6.45, 7) is -0.0350. The van der Waals surface area contributed by atoms with Gasteiger partial charge in [-0.3, -0.25) is 4.79 Å². The molecule has 1 aromatic carbocycles. The maximum Gasteiger partial charge on any atom is 0.266 e. The van der Waals surface area contributed by atoms with E-state index in [2.05, 4.69) is 9.82 Å². The Balaban J connectivity index is 1.71. The summed E-state index contributed by atoms with van der Waals surface area (Å²) in [6, 6.07) is 10.1. The molecular weight excluding hydrogens is 393 g/mol. The predicted octanol–water partition coefficient (Wildman–Crippen LogP) is 2.10. The van der Waals surface area contributed by atoms with Crippen LogP contribution in [0.5, 0.6) is 5.75 Å². The lowest BCUT2D eigenvalue weighted by molar-refractivity contribution is 0.385. The number of nitrogens with zero attached hydrogens (tertiary/aromatic N) is 2. The molecule has 2 aromatic heterocycles. The van der Waals surface area contributed by atoms with E-state index in [1.807, 2.05) is 17.5 Å². The summed E-state index contributed by atoms with van der Waals surface area (Å²) in [5.74, 6) is -0.822. The van der Waals surface area contributed by atoms with Gasteiger partial charge in [-0.15, -0.1) is 11.3 Å². The minimum atomic E-state index is -3.93. The summed E-state index contributed by atoms with van der Waals surface area (Å²) in [5.41, 5.74) is 0.287. The first-order valence-electron chi connectivity index (χ1n) is 7.86. The Hall–Kier alpha value is -2.56. The van der Waals surface area contributed by atoms with Crippen molar-refractivity contribution in [1.29, 1.82) is 0 Å². The highest BCUT2D eigenvalue weighted by atomic mass is 32.2. The number of benzene rings is 1. The lowest BCUT2D eigenvalue weighted by Gasteiger charge is -2.09. The first-order chi connectivity index (χ1) is 12.9. The standard InChI is InChI=1S/C17H16FN3O4S2/c1-25-15-6-4-12(11-13(15)18)27(23,24)19-8-9-21-17(22)7-5-14(20-21)16-3-2-10-26-16/h2-7,10-11,19H,8-9H2,1H3. The molecule has 0 bridgehead atoms. The monoisotopic (exact) mass is 409 g/mol. The molecule has 142 valence electrons. The van der Waals surface area contributed by atoms with Gasteiger partial charge in [-0.05, 0) is 35.7 Å². The molecule has 0 aliphatic rings. The zero-order chi connectivity index (χ0) is 19.4. The summed E-state index contributed by atoms with van der Waals surface area (Å²) in [7, 11) is -2.64. The van der Waals surface area contributed by atoms with Crippen molar-refractivity contribution >= 4 is 21.4 Å². The van der Waals surface area contributed by atoms with Crippen molar-refractivity contribution in [3.05, 3.63) is 64.0 Å². The fourth-order valence-corrected chi connectivity index (χ4v) is 4.07. The molecule has 1 N–H and O–H groups in total. The van der Waals surface area contributed by atoms with Crippen LogP contribution in [0.4, 0.5) is 4.39 Å². The summed E-state index contributed by atoms with van der Waals surface area (Å²) in [4.78, 5) is 12.6. The predicted molar refractivity (Wildman–Crippen MR) is 100.0 cm³/mol. The molecule has 0 amide bonds. The molecule has 0 spiro atoms. The van der Waals surface area contributed by atoms with Gasteiger partial charge in [-0.2, -0.15) is 5.10 Å². The van der Waals surface area contributed by atoms with Gasteiger partial charge in [0, 0.05) is 12.6 Å². The molecular formula is C17H16FN3O4S2.